The second-order valence-corrected chi connectivity index (χ2v) is 8.49. The van der Waals surface area contributed by atoms with Crippen molar-refractivity contribution >= 4 is 29.4 Å². The van der Waals surface area contributed by atoms with Crippen molar-refractivity contribution in [2.24, 2.45) is 5.73 Å². The largest absolute Gasteiger partial charge is 0.457 e. The molecule has 1 aromatic heterocycles. The van der Waals surface area contributed by atoms with Crippen LogP contribution in [0.3, 0.4) is 0 Å². The van der Waals surface area contributed by atoms with Gasteiger partial charge >= 0.3 is 12.0 Å². The fourth-order valence-corrected chi connectivity index (χ4v) is 4.16. The first-order chi connectivity index (χ1) is 16.7. The van der Waals surface area contributed by atoms with Crippen LogP contribution in [-0.2, 0) is 9.53 Å². The van der Waals surface area contributed by atoms with E-state index in [1.54, 1.807) is 30.3 Å². The molecule has 2 heterocycles. The number of nitrogens with two attached hydrogens (primary N) is 1. The normalized spacial score (nSPS) is 12.8. The highest BCUT2D eigenvalue weighted by Gasteiger charge is 2.22. The molecule has 0 saturated carbocycles. The first-order valence-corrected chi connectivity index (χ1v) is 11.2. The molecule has 0 spiro atoms. The molecule has 4 rings (SSSR count). The molecular formula is C25H24ClN3O6. The van der Waals surface area contributed by atoms with Crippen LogP contribution in [-0.4, -0.2) is 35.8 Å². The zero-order valence-electron chi connectivity index (χ0n) is 19.2. The Morgan fingerprint density at radius 1 is 1.09 bits per heavy atom. The van der Waals surface area contributed by atoms with Crippen molar-refractivity contribution in [3.05, 3.63) is 76.1 Å². The van der Waals surface area contributed by atoms with Crippen LogP contribution in [0, 0.1) is 13.8 Å². The van der Waals surface area contributed by atoms with Crippen molar-refractivity contribution < 1.29 is 28.6 Å². The zero-order chi connectivity index (χ0) is 25.1. The third kappa shape index (κ3) is 5.41. The number of nitrogens with one attached hydrogen (secondary N) is 1. The quantitative estimate of drug-likeness (QED) is 0.358. The number of aryl methyl sites for hydroxylation is 1. The molecule has 0 bridgehead atoms. The molecule has 182 valence electrons. The van der Waals surface area contributed by atoms with E-state index in [-0.39, 0.29) is 19.0 Å². The van der Waals surface area contributed by atoms with E-state index in [2.05, 4.69) is 5.32 Å². The maximum atomic E-state index is 12.9. The Kier molecular flexibility index (Phi) is 6.97. The number of ether oxygens (including phenoxy) is 3. The van der Waals surface area contributed by atoms with Gasteiger partial charge in [-0.1, -0.05) is 23.7 Å². The molecule has 1 aliphatic rings. The summed E-state index contributed by atoms with van der Waals surface area (Å²) in [7, 11) is 0. The van der Waals surface area contributed by atoms with Gasteiger partial charge in [-0.2, -0.15) is 0 Å². The Bertz CT molecular complexity index is 1290. The van der Waals surface area contributed by atoms with Gasteiger partial charge in [0, 0.05) is 33.7 Å². The number of carbonyl (C=O) groups is 3. The molecular weight excluding hydrogens is 474 g/mol. The number of hydrogen-bond donors (Lipinski definition) is 2. The lowest BCUT2D eigenvalue weighted by Crippen LogP contribution is -2.34. The van der Waals surface area contributed by atoms with Crippen LogP contribution < -0.4 is 20.5 Å². The average molecular weight is 498 g/mol. The standard InChI is InChI=1S/C25H24ClN3O6/c1-14-9-19(15(2)29(14)18-7-8-22-23(10-18)35-13-34-22)21(30)12-33-24(31)11-20(28-25(27)32)16-3-5-17(26)6-4-16/h3-10,20H,11-13H2,1-2H3,(H3,27,28,32)/t20-/m0/s1. The molecule has 0 fully saturated rings. The number of rotatable bonds is 8. The van der Waals surface area contributed by atoms with Crippen LogP contribution in [0.5, 0.6) is 11.5 Å². The van der Waals surface area contributed by atoms with Gasteiger partial charge in [0.25, 0.3) is 0 Å². The van der Waals surface area contributed by atoms with Crippen molar-refractivity contribution in [2.75, 3.05) is 13.4 Å². The number of esters is 1. The summed E-state index contributed by atoms with van der Waals surface area (Å²) in [6, 6.07) is 12.4. The molecule has 3 N–H and O–H groups in total. The summed E-state index contributed by atoms with van der Waals surface area (Å²) in [4.78, 5) is 36.8. The van der Waals surface area contributed by atoms with Crippen LogP contribution in [0.4, 0.5) is 4.79 Å². The maximum Gasteiger partial charge on any atom is 0.312 e. The molecule has 9 nitrogen and oxygen atoms in total. The molecule has 1 atom stereocenters. The van der Waals surface area contributed by atoms with Gasteiger partial charge in [-0.25, -0.2) is 4.79 Å². The van der Waals surface area contributed by atoms with Gasteiger partial charge in [-0.05, 0) is 49.7 Å². The average Bonchev–Trinajstić information content (AvgIpc) is 3.40. The fourth-order valence-electron chi connectivity index (χ4n) is 4.04. The van der Waals surface area contributed by atoms with Gasteiger partial charge in [0.1, 0.15) is 0 Å². The van der Waals surface area contributed by atoms with Crippen molar-refractivity contribution in [3.8, 4) is 17.2 Å². The molecule has 0 saturated heterocycles. The van der Waals surface area contributed by atoms with Gasteiger partial charge in [0.05, 0.1) is 12.5 Å². The van der Waals surface area contributed by atoms with E-state index in [1.165, 1.54) is 0 Å². The second-order valence-electron chi connectivity index (χ2n) is 8.06. The van der Waals surface area contributed by atoms with Crippen molar-refractivity contribution in [2.45, 2.75) is 26.3 Å². The number of urea groups is 1. The van der Waals surface area contributed by atoms with E-state index in [9.17, 15) is 14.4 Å². The second kappa shape index (κ2) is 10.1. The molecule has 3 aromatic rings. The lowest BCUT2D eigenvalue weighted by atomic mass is 10.0. The number of primary amides is 1. The van der Waals surface area contributed by atoms with Gasteiger partial charge < -0.3 is 29.8 Å². The van der Waals surface area contributed by atoms with E-state index < -0.39 is 24.6 Å². The Morgan fingerprint density at radius 3 is 2.51 bits per heavy atom. The van der Waals surface area contributed by atoms with Crippen LogP contribution in [0.2, 0.25) is 5.02 Å². The summed E-state index contributed by atoms with van der Waals surface area (Å²) in [5.74, 6) is 0.305. The van der Waals surface area contributed by atoms with E-state index in [0.717, 1.165) is 11.4 Å². The highest BCUT2D eigenvalue weighted by molar-refractivity contribution is 6.30. The number of ketones is 1. The van der Waals surface area contributed by atoms with Crippen molar-refractivity contribution in [3.63, 3.8) is 0 Å². The summed E-state index contributed by atoms with van der Waals surface area (Å²) in [6.45, 7) is 3.44. The number of fused-ring (bicyclic) bond motifs is 1. The number of aromatic nitrogens is 1. The first-order valence-electron chi connectivity index (χ1n) is 10.8. The monoisotopic (exact) mass is 497 g/mol. The van der Waals surface area contributed by atoms with Crippen LogP contribution in [0.1, 0.15) is 39.8 Å². The predicted molar refractivity (Wildman–Crippen MR) is 128 cm³/mol. The summed E-state index contributed by atoms with van der Waals surface area (Å²) in [6.07, 6.45) is -0.200. The Balaban J connectivity index is 1.43. The summed E-state index contributed by atoms with van der Waals surface area (Å²) in [5, 5.41) is 3.02. The Hall–Kier alpha value is -3.98. The molecule has 1 aliphatic heterocycles. The van der Waals surface area contributed by atoms with E-state index in [0.29, 0.717) is 33.3 Å². The number of hydrogen-bond acceptors (Lipinski definition) is 6. The van der Waals surface area contributed by atoms with E-state index >= 15 is 0 Å². The van der Waals surface area contributed by atoms with E-state index in [4.69, 9.17) is 31.5 Å². The van der Waals surface area contributed by atoms with Gasteiger partial charge in [0.2, 0.25) is 12.6 Å². The van der Waals surface area contributed by atoms with Gasteiger partial charge in [-0.15, -0.1) is 0 Å². The van der Waals surface area contributed by atoms with Crippen molar-refractivity contribution in [1.29, 1.82) is 0 Å². The summed E-state index contributed by atoms with van der Waals surface area (Å²) < 4.78 is 18.0. The number of benzene rings is 2. The molecule has 0 radical (unpaired) electrons. The van der Waals surface area contributed by atoms with Gasteiger partial charge in [0.15, 0.2) is 18.1 Å². The minimum Gasteiger partial charge on any atom is -0.457 e. The molecule has 2 aromatic carbocycles. The molecule has 2 amide bonds. The molecule has 10 heteroatoms. The third-order valence-corrected chi connectivity index (χ3v) is 5.92. The Morgan fingerprint density at radius 2 is 1.80 bits per heavy atom. The SMILES string of the molecule is Cc1cc(C(=O)COC(=O)C[C@H](NC(N)=O)c2ccc(Cl)cc2)c(C)n1-c1ccc2c(c1)OCO2. The lowest BCUT2D eigenvalue weighted by Gasteiger charge is -2.17. The van der Waals surface area contributed by atoms with Gasteiger partial charge in [-0.3, -0.25) is 9.59 Å². The van der Waals surface area contributed by atoms with E-state index in [1.807, 2.05) is 36.6 Å². The number of amides is 2. The summed E-state index contributed by atoms with van der Waals surface area (Å²) in [5.41, 5.74) is 8.68. The minimum absolute atomic E-state index is 0.172. The molecule has 35 heavy (non-hydrogen) atoms. The smallest absolute Gasteiger partial charge is 0.312 e. The van der Waals surface area contributed by atoms with Crippen molar-refractivity contribution in [1.82, 2.24) is 9.88 Å². The summed E-state index contributed by atoms with van der Waals surface area (Å²) >= 11 is 5.91. The molecule has 0 unspecified atom stereocenters. The number of carbonyl (C=O) groups excluding carboxylic acids is 3. The fraction of sp³-hybridized carbons (Fsp3) is 0.240. The number of nitrogens with zero attached hydrogens (tertiary/aromatic N) is 1. The van der Waals surface area contributed by atoms with Crippen LogP contribution >= 0.6 is 11.6 Å². The lowest BCUT2D eigenvalue weighted by molar-refractivity contribution is -0.143. The highest BCUT2D eigenvalue weighted by Crippen LogP contribution is 2.35. The predicted octanol–water partition coefficient (Wildman–Crippen LogP) is 4.00. The van der Waals surface area contributed by atoms with Crippen LogP contribution in [0.25, 0.3) is 5.69 Å². The topological polar surface area (TPSA) is 122 Å². The van der Waals surface area contributed by atoms with Crippen LogP contribution in [0.15, 0.2) is 48.5 Å². The first kappa shape index (κ1) is 24.2. The highest BCUT2D eigenvalue weighted by atomic mass is 35.5. The zero-order valence-corrected chi connectivity index (χ0v) is 19.9. The minimum atomic E-state index is -0.787. The maximum absolute atomic E-state index is 12.9. The number of Topliss-reactive ketones (excluding diaryl/α,β-unsaturated/α-hetero) is 1. The molecule has 0 aliphatic carbocycles. The third-order valence-electron chi connectivity index (χ3n) is 5.67. The number of halogens is 1. The Labute approximate surface area is 206 Å².